The van der Waals surface area contributed by atoms with E-state index in [2.05, 4.69) is 43.9 Å². The number of pyridine rings is 1. The quantitative estimate of drug-likeness (QED) is 0.166. The molecule has 0 spiro atoms. The lowest BCUT2D eigenvalue weighted by atomic mass is 9.99. The van der Waals surface area contributed by atoms with Gasteiger partial charge in [-0.2, -0.15) is 13.9 Å². The van der Waals surface area contributed by atoms with E-state index in [1.807, 2.05) is 6.92 Å². The van der Waals surface area contributed by atoms with Gasteiger partial charge in [-0.15, -0.1) is 0 Å². The number of anilines is 1. The number of carbonyl (C=O) groups excluding carboxylic acids is 1. The third kappa shape index (κ3) is 9.29. The van der Waals surface area contributed by atoms with Crippen LogP contribution in [-0.4, -0.2) is 55.2 Å². The summed E-state index contributed by atoms with van der Waals surface area (Å²) >= 11 is 0. The summed E-state index contributed by atoms with van der Waals surface area (Å²) in [5.74, 6) is -0.708. The van der Waals surface area contributed by atoms with Crippen molar-refractivity contribution in [1.29, 1.82) is 0 Å². The molecular formula is C30H48F2N4O5Si. The average Bonchev–Trinajstić information content (AvgIpc) is 3.34. The minimum Gasteiger partial charge on any atom is -0.465 e. The van der Waals surface area contributed by atoms with Gasteiger partial charge in [0.2, 0.25) is 0 Å². The molecule has 3 heterocycles. The first-order valence-electron chi connectivity index (χ1n) is 15.0. The van der Waals surface area contributed by atoms with E-state index >= 15 is 0 Å². The van der Waals surface area contributed by atoms with E-state index in [0.29, 0.717) is 48.4 Å². The van der Waals surface area contributed by atoms with E-state index < -0.39 is 26.9 Å². The fourth-order valence-corrected chi connectivity index (χ4v) is 5.90. The Morgan fingerprint density at radius 3 is 2.67 bits per heavy atom. The largest absolute Gasteiger partial charge is 0.465 e. The fraction of sp³-hybridized carbons (Fsp3) is 0.700. The molecule has 9 nitrogen and oxygen atoms in total. The molecule has 1 saturated heterocycles. The molecular weight excluding hydrogens is 562 g/mol. The molecule has 0 radical (unpaired) electrons. The number of alkyl halides is 2. The van der Waals surface area contributed by atoms with Crippen LogP contribution < -0.4 is 5.73 Å². The van der Waals surface area contributed by atoms with E-state index in [4.69, 9.17) is 24.4 Å². The maximum absolute atomic E-state index is 13.7. The molecule has 3 rings (SSSR count). The Bertz CT molecular complexity index is 1140. The predicted molar refractivity (Wildman–Crippen MR) is 160 cm³/mol. The monoisotopic (exact) mass is 610 g/mol. The van der Waals surface area contributed by atoms with Crippen molar-refractivity contribution in [3.05, 3.63) is 30.2 Å². The molecule has 1 unspecified atom stereocenters. The minimum atomic E-state index is -2.83. The summed E-state index contributed by atoms with van der Waals surface area (Å²) in [6, 6.07) is 3.39. The first-order valence-corrected chi connectivity index (χ1v) is 17.9. The van der Waals surface area contributed by atoms with Crippen LogP contribution in [-0.2, 0) is 23.4 Å². The van der Waals surface area contributed by atoms with Crippen LogP contribution in [0.25, 0.3) is 11.3 Å². The number of hydrogen-bond acceptors (Lipinski definition) is 8. The smallest absolute Gasteiger partial charge is 0.333 e. The van der Waals surface area contributed by atoms with E-state index in [1.54, 1.807) is 18.3 Å². The molecule has 0 aromatic carbocycles. The highest BCUT2D eigenvalue weighted by atomic mass is 28.4. The van der Waals surface area contributed by atoms with Crippen molar-refractivity contribution in [2.24, 2.45) is 5.92 Å². The van der Waals surface area contributed by atoms with E-state index in [1.165, 1.54) is 6.20 Å². The molecule has 2 aromatic rings. The zero-order chi connectivity index (χ0) is 30.9. The lowest BCUT2D eigenvalue weighted by molar-refractivity contribution is -0.178. The third-order valence-corrected chi connectivity index (χ3v) is 12.5. The van der Waals surface area contributed by atoms with Crippen molar-refractivity contribution >= 4 is 20.0 Å². The molecule has 0 aliphatic carbocycles. The molecule has 1 aliphatic rings. The number of rotatable bonds is 15. The average molecular weight is 611 g/mol. The van der Waals surface area contributed by atoms with E-state index in [0.717, 1.165) is 25.7 Å². The predicted octanol–water partition coefficient (Wildman–Crippen LogP) is 7.27. The molecule has 2 aromatic heterocycles. The van der Waals surface area contributed by atoms with Gasteiger partial charge in [-0.1, -0.05) is 27.7 Å². The molecule has 0 saturated carbocycles. The topological polar surface area (TPSA) is 111 Å². The van der Waals surface area contributed by atoms with Gasteiger partial charge in [0, 0.05) is 18.4 Å². The highest BCUT2D eigenvalue weighted by Crippen LogP contribution is 2.41. The van der Waals surface area contributed by atoms with Gasteiger partial charge in [-0.25, -0.2) is 4.68 Å². The highest BCUT2D eigenvalue weighted by molar-refractivity contribution is 6.74. The fourth-order valence-electron chi connectivity index (χ4n) is 4.60. The van der Waals surface area contributed by atoms with Crippen LogP contribution in [0.2, 0.25) is 18.1 Å². The molecule has 2 N–H and O–H groups in total. The molecule has 0 bridgehead atoms. The van der Waals surface area contributed by atoms with Gasteiger partial charge in [0.1, 0.15) is 0 Å². The van der Waals surface area contributed by atoms with Crippen LogP contribution >= 0.6 is 0 Å². The number of nitrogen functional groups attached to an aromatic ring is 1. The molecule has 1 fully saturated rings. The van der Waals surface area contributed by atoms with Crippen LogP contribution in [0.4, 0.5) is 14.5 Å². The number of hydrogen-bond donors (Lipinski definition) is 1. The summed E-state index contributed by atoms with van der Waals surface area (Å²) in [5.41, 5.74) is 7.43. The lowest BCUT2D eigenvalue weighted by Gasteiger charge is -2.39. The Balaban J connectivity index is 1.81. The summed E-state index contributed by atoms with van der Waals surface area (Å²) in [5, 5.41) is 3.68. The lowest BCUT2D eigenvalue weighted by Crippen LogP contribution is -2.42. The molecule has 12 heteroatoms. The van der Waals surface area contributed by atoms with E-state index in [-0.39, 0.29) is 35.3 Å². The normalized spacial score (nSPS) is 17.8. The van der Waals surface area contributed by atoms with Gasteiger partial charge in [0.15, 0.2) is 14.6 Å². The van der Waals surface area contributed by atoms with Gasteiger partial charge in [0.05, 0.1) is 48.5 Å². The number of carbonyl (C=O) groups is 1. The maximum atomic E-state index is 13.7. The molecule has 0 amide bonds. The van der Waals surface area contributed by atoms with Crippen LogP contribution in [0, 0.1) is 5.92 Å². The summed E-state index contributed by atoms with van der Waals surface area (Å²) < 4.78 is 51.9. The van der Waals surface area contributed by atoms with Crippen molar-refractivity contribution in [3.63, 3.8) is 0 Å². The van der Waals surface area contributed by atoms with Gasteiger partial charge < -0.3 is 24.4 Å². The second kappa shape index (κ2) is 15.4. The first-order chi connectivity index (χ1) is 19.8. The Kier molecular flexibility index (Phi) is 12.5. The van der Waals surface area contributed by atoms with E-state index in [9.17, 15) is 13.6 Å². The zero-order valence-corrected chi connectivity index (χ0v) is 26.9. The summed E-state index contributed by atoms with van der Waals surface area (Å²) in [7, 11) is -2.26. The van der Waals surface area contributed by atoms with Gasteiger partial charge in [-0.3, -0.25) is 9.78 Å². The van der Waals surface area contributed by atoms with Crippen LogP contribution in [0.15, 0.2) is 24.5 Å². The van der Waals surface area contributed by atoms with Gasteiger partial charge >= 0.3 is 12.5 Å². The number of halogens is 2. The zero-order valence-electron chi connectivity index (χ0n) is 25.9. The second-order valence-electron chi connectivity index (χ2n) is 12.4. The first kappa shape index (κ1) is 34.1. The molecule has 236 valence electrons. The minimum absolute atomic E-state index is 0.0675. The summed E-state index contributed by atoms with van der Waals surface area (Å²) in [6.45, 7) is 11.2. The Hall–Kier alpha value is -2.41. The van der Waals surface area contributed by atoms with Crippen molar-refractivity contribution in [1.82, 2.24) is 14.8 Å². The van der Waals surface area contributed by atoms with Crippen molar-refractivity contribution < 1.29 is 32.2 Å². The Labute approximate surface area is 249 Å². The maximum Gasteiger partial charge on any atom is 0.333 e. The van der Waals surface area contributed by atoms with Crippen LogP contribution in [0.3, 0.4) is 0 Å². The molecule has 42 heavy (non-hydrogen) atoms. The number of ether oxygens (including phenoxy) is 3. The number of aromatic nitrogens is 3. The number of nitrogens with two attached hydrogens (primary N) is 1. The standard InChI is InChI=1S/C30H48F2N4O5Si/c1-7-16-39-28(37)22(20-40-26-13-8-9-17-38-26)11-10-12-25(41-42(5,6)30(2,3)4)24-18-21(14-15-34-24)27-23(33)19-35-36(27)29(31)32/h14-15,18-19,22,25-26,29H,7-13,16-17,20,33H2,1-6H3/t22-,25-,26?/m0/s1. The Morgan fingerprint density at radius 2 is 2.02 bits per heavy atom. The number of nitrogens with zero attached hydrogens (tertiary/aromatic N) is 3. The third-order valence-electron chi connectivity index (χ3n) is 8.06. The molecule has 1 aliphatic heterocycles. The SMILES string of the molecule is CCCOC(=O)[C@@H](CCC[C@H](O[Si](C)(C)C(C)(C)C)c1cc(-c2c(N)cnn2C(F)F)ccn1)COC1CCCCO1. The van der Waals surface area contributed by atoms with Gasteiger partial charge in [0.25, 0.3) is 0 Å². The van der Waals surface area contributed by atoms with Crippen LogP contribution in [0.5, 0.6) is 0 Å². The summed E-state index contributed by atoms with van der Waals surface area (Å²) in [6.07, 6.45) is 7.47. The van der Waals surface area contributed by atoms with Crippen LogP contribution in [0.1, 0.15) is 91.0 Å². The van der Waals surface area contributed by atoms with Crippen molar-refractivity contribution in [2.75, 3.05) is 25.6 Å². The summed E-state index contributed by atoms with van der Waals surface area (Å²) in [4.78, 5) is 17.5. The van der Waals surface area contributed by atoms with Crippen molar-refractivity contribution in [2.45, 2.75) is 110 Å². The van der Waals surface area contributed by atoms with Gasteiger partial charge in [-0.05, 0) is 75.2 Å². The second-order valence-corrected chi connectivity index (χ2v) is 17.2. The van der Waals surface area contributed by atoms with Crippen molar-refractivity contribution in [3.8, 4) is 11.3 Å². The Morgan fingerprint density at radius 1 is 1.26 bits per heavy atom. The highest BCUT2D eigenvalue weighted by Gasteiger charge is 2.40. The molecule has 3 atom stereocenters. The number of esters is 1.